The van der Waals surface area contributed by atoms with Gasteiger partial charge >= 0.3 is 5.97 Å². The Balaban J connectivity index is 2.01. The van der Waals surface area contributed by atoms with E-state index in [1.54, 1.807) is 25.1 Å². The number of carboxylic acid groups (broad SMARTS) is 1. The summed E-state index contributed by atoms with van der Waals surface area (Å²) in [5.41, 5.74) is 2.47. The molecule has 0 radical (unpaired) electrons. The van der Waals surface area contributed by atoms with Gasteiger partial charge in [-0.15, -0.1) is 0 Å². The van der Waals surface area contributed by atoms with Gasteiger partial charge in [0.05, 0.1) is 0 Å². The van der Waals surface area contributed by atoms with Crippen molar-refractivity contribution in [3.05, 3.63) is 114 Å². The molecule has 0 bridgehead atoms. The van der Waals surface area contributed by atoms with Crippen molar-refractivity contribution in [3.8, 4) is 0 Å². The van der Waals surface area contributed by atoms with Crippen LogP contribution in [0.25, 0.3) is 0 Å². The number of aryl methyl sites for hydroxylation is 1. The molecule has 3 aromatic rings. The average Bonchev–Trinajstić information content (AvgIpc) is 2.82. The van der Waals surface area contributed by atoms with Crippen LogP contribution in [-0.4, -0.2) is 29.4 Å². The summed E-state index contributed by atoms with van der Waals surface area (Å²) in [7, 11) is 0. The molecule has 0 aliphatic heterocycles. The standard InChI is InChI=1S/C27H25FN2O4/c1-19-8-5-6-13-23(19)26(27(34)29-17-16-20-9-3-2-4-10-20)30(24(31)14-15-25(32)33)22-12-7-11-21(28)18-22/h2-15,18,26H,16-17H2,1H3,(H,29,34)(H,32,33)/b15-14+. The zero-order valence-corrected chi connectivity index (χ0v) is 18.6. The Kier molecular flexibility index (Phi) is 8.29. The zero-order chi connectivity index (χ0) is 24.5. The molecule has 3 rings (SSSR count). The summed E-state index contributed by atoms with van der Waals surface area (Å²) in [5.74, 6) is -3.14. The molecule has 6 nitrogen and oxygen atoms in total. The second-order valence-electron chi connectivity index (χ2n) is 7.65. The third-order valence-corrected chi connectivity index (χ3v) is 5.24. The number of nitrogens with zero attached hydrogens (tertiary/aromatic N) is 1. The van der Waals surface area contributed by atoms with E-state index in [9.17, 15) is 18.8 Å². The van der Waals surface area contributed by atoms with Gasteiger partial charge in [0.1, 0.15) is 11.9 Å². The summed E-state index contributed by atoms with van der Waals surface area (Å²) < 4.78 is 14.1. The average molecular weight is 461 g/mol. The lowest BCUT2D eigenvalue weighted by atomic mass is 9.98. The second-order valence-corrected chi connectivity index (χ2v) is 7.65. The first-order chi connectivity index (χ1) is 16.4. The van der Waals surface area contributed by atoms with E-state index in [-0.39, 0.29) is 5.69 Å². The fraction of sp³-hybridized carbons (Fsp3) is 0.148. The lowest BCUT2D eigenvalue weighted by Gasteiger charge is -2.31. The number of carbonyl (C=O) groups excluding carboxylic acids is 2. The number of halogens is 1. The molecule has 0 aromatic heterocycles. The molecule has 1 unspecified atom stereocenters. The highest BCUT2D eigenvalue weighted by molar-refractivity contribution is 6.08. The zero-order valence-electron chi connectivity index (χ0n) is 18.6. The summed E-state index contributed by atoms with van der Waals surface area (Å²) >= 11 is 0. The number of hydrogen-bond acceptors (Lipinski definition) is 3. The topological polar surface area (TPSA) is 86.7 Å². The number of carboxylic acids is 1. The Hall–Kier alpha value is -4.26. The van der Waals surface area contributed by atoms with Crippen molar-refractivity contribution in [2.24, 2.45) is 0 Å². The van der Waals surface area contributed by atoms with Gasteiger partial charge in [-0.1, -0.05) is 60.7 Å². The molecule has 0 saturated heterocycles. The van der Waals surface area contributed by atoms with Crippen LogP contribution < -0.4 is 10.2 Å². The lowest BCUT2D eigenvalue weighted by molar-refractivity contribution is -0.131. The van der Waals surface area contributed by atoms with Gasteiger partial charge in [-0.25, -0.2) is 9.18 Å². The van der Waals surface area contributed by atoms with E-state index in [1.165, 1.54) is 18.2 Å². The predicted octanol–water partition coefficient (Wildman–Crippen LogP) is 4.21. The van der Waals surface area contributed by atoms with E-state index in [4.69, 9.17) is 5.11 Å². The summed E-state index contributed by atoms with van der Waals surface area (Å²) in [5, 5.41) is 11.9. The van der Waals surface area contributed by atoms with Crippen LogP contribution in [0, 0.1) is 12.7 Å². The van der Waals surface area contributed by atoms with Crippen molar-refractivity contribution in [1.29, 1.82) is 0 Å². The molecule has 7 heteroatoms. The Morgan fingerprint density at radius 3 is 2.35 bits per heavy atom. The van der Waals surface area contributed by atoms with E-state index in [0.29, 0.717) is 24.6 Å². The molecule has 1 atom stereocenters. The first kappa shape index (κ1) is 24.4. The normalized spacial score (nSPS) is 11.7. The molecule has 3 aromatic carbocycles. The Morgan fingerprint density at radius 1 is 0.971 bits per heavy atom. The van der Waals surface area contributed by atoms with Crippen LogP contribution in [0.4, 0.5) is 10.1 Å². The molecule has 0 heterocycles. The minimum atomic E-state index is -1.31. The maximum Gasteiger partial charge on any atom is 0.328 e. The van der Waals surface area contributed by atoms with Gasteiger partial charge in [0.2, 0.25) is 5.91 Å². The third-order valence-electron chi connectivity index (χ3n) is 5.24. The highest BCUT2D eigenvalue weighted by Gasteiger charge is 2.33. The molecule has 0 aliphatic rings. The van der Waals surface area contributed by atoms with E-state index in [1.807, 2.05) is 36.4 Å². The van der Waals surface area contributed by atoms with Gasteiger partial charge in [0, 0.05) is 24.4 Å². The molecule has 0 spiro atoms. The Labute approximate surface area is 197 Å². The van der Waals surface area contributed by atoms with Crippen LogP contribution in [0.15, 0.2) is 91.0 Å². The summed E-state index contributed by atoms with van der Waals surface area (Å²) in [4.78, 5) is 38.8. The number of benzene rings is 3. The Bertz CT molecular complexity index is 1190. The van der Waals surface area contributed by atoms with Crippen molar-refractivity contribution in [2.75, 3.05) is 11.4 Å². The van der Waals surface area contributed by atoms with E-state index in [0.717, 1.165) is 28.2 Å². The van der Waals surface area contributed by atoms with Crippen molar-refractivity contribution in [1.82, 2.24) is 5.32 Å². The number of rotatable bonds is 9. The summed E-state index contributed by atoms with van der Waals surface area (Å²) in [6.07, 6.45) is 2.13. The van der Waals surface area contributed by atoms with Crippen LogP contribution >= 0.6 is 0 Å². The fourth-order valence-corrected chi connectivity index (χ4v) is 3.61. The van der Waals surface area contributed by atoms with Crippen LogP contribution in [0.1, 0.15) is 22.7 Å². The van der Waals surface area contributed by atoms with Gasteiger partial charge in [0.25, 0.3) is 5.91 Å². The van der Waals surface area contributed by atoms with Gasteiger partial charge in [-0.3, -0.25) is 14.5 Å². The Morgan fingerprint density at radius 2 is 1.68 bits per heavy atom. The smallest absolute Gasteiger partial charge is 0.328 e. The molecule has 0 fully saturated rings. The van der Waals surface area contributed by atoms with E-state index in [2.05, 4.69) is 5.32 Å². The van der Waals surface area contributed by atoms with Crippen molar-refractivity contribution >= 4 is 23.5 Å². The van der Waals surface area contributed by atoms with Crippen LogP contribution in [0.3, 0.4) is 0 Å². The minimum absolute atomic E-state index is 0.131. The minimum Gasteiger partial charge on any atom is -0.478 e. The monoisotopic (exact) mass is 460 g/mol. The van der Waals surface area contributed by atoms with Crippen molar-refractivity contribution in [3.63, 3.8) is 0 Å². The first-order valence-corrected chi connectivity index (χ1v) is 10.7. The lowest BCUT2D eigenvalue weighted by Crippen LogP contribution is -2.44. The summed E-state index contributed by atoms with van der Waals surface area (Å²) in [6, 6.07) is 20.8. The number of aliphatic carboxylic acids is 1. The number of nitrogens with one attached hydrogen (secondary N) is 1. The van der Waals surface area contributed by atoms with Crippen molar-refractivity contribution < 1.29 is 23.9 Å². The SMILES string of the molecule is Cc1ccccc1C(C(=O)NCCc1ccccc1)N(C(=O)/C=C/C(=O)O)c1cccc(F)c1. The maximum absolute atomic E-state index is 14.1. The molecule has 34 heavy (non-hydrogen) atoms. The molecule has 174 valence electrons. The van der Waals surface area contributed by atoms with E-state index >= 15 is 0 Å². The number of hydrogen-bond donors (Lipinski definition) is 2. The number of anilines is 1. The third kappa shape index (κ3) is 6.38. The molecular formula is C27H25FN2O4. The van der Waals surface area contributed by atoms with Gasteiger partial charge in [0.15, 0.2) is 0 Å². The molecule has 0 aliphatic carbocycles. The van der Waals surface area contributed by atoms with Crippen molar-refractivity contribution in [2.45, 2.75) is 19.4 Å². The van der Waals surface area contributed by atoms with Crippen LogP contribution in [-0.2, 0) is 20.8 Å². The summed E-state index contributed by atoms with van der Waals surface area (Å²) in [6.45, 7) is 2.13. The second kappa shape index (κ2) is 11.6. The highest BCUT2D eigenvalue weighted by Crippen LogP contribution is 2.30. The fourth-order valence-electron chi connectivity index (χ4n) is 3.61. The number of amides is 2. The maximum atomic E-state index is 14.1. The highest BCUT2D eigenvalue weighted by atomic mass is 19.1. The largest absolute Gasteiger partial charge is 0.478 e. The molecule has 2 N–H and O–H groups in total. The van der Waals surface area contributed by atoms with Gasteiger partial charge in [-0.05, 0) is 48.2 Å². The van der Waals surface area contributed by atoms with Gasteiger partial charge < -0.3 is 10.4 Å². The molecule has 2 amide bonds. The van der Waals surface area contributed by atoms with Crippen LogP contribution in [0.2, 0.25) is 0 Å². The predicted molar refractivity (Wildman–Crippen MR) is 128 cm³/mol. The first-order valence-electron chi connectivity index (χ1n) is 10.7. The molecular weight excluding hydrogens is 435 g/mol. The van der Waals surface area contributed by atoms with Crippen LogP contribution in [0.5, 0.6) is 0 Å². The van der Waals surface area contributed by atoms with E-state index < -0.39 is 29.6 Å². The van der Waals surface area contributed by atoms with Gasteiger partial charge in [-0.2, -0.15) is 0 Å². The molecule has 0 saturated carbocycles. The quantitative estimate of drug-likeness (QED) is 0.469. The number of carbonyl (C=O) groups is 3.